The molecular formula is C114H102BN5O2. The van der Waals surface area contributed by atoms with Gasteiger partial charge in [-0.05, 0) is 214 Å². The molecule has 2 aliphatic heterocycles. The van der Waals surface area contributed by atoms with Crippen LogP contribution in [0.1, 0.15) is 180 Å². The second-order valence-corrected chi connectivity index (χ2v) is 39.9. The minimum atomic E-state index is -0.673. The number of nitrogens with zero attached hydrogens (tertiary/aromatic N) is 5. The topological polar surface area (TPSA) is 47.6 Å². The molecule has 122 heavy (non-hydrogen) atoms. The second-order valence-electron chi connectivity index (χ2n) is 39.9. The minimum absolute atomic E-state index is 0.0690. The molecule has 15 aromatic carbocycles. The molecule has 0 amide bonds. The fourth-order valence-electron chi connectivity index (χ4n) is 19.1. The van der Waals surface area contributed by atoms with Crippen LogP contribution in [-0.4, -0.2) is 20.4 Å². The van der Waals surface area contributed by atoms with Gasteiger partial charge in [0.1, 0.15) is 5.58 Å². The molecule has 0 fully saturated rings. The molecule has 22 rings (SSSR count). The van der Waals surface area contributed by atoms with Crippen LogP contribution in [0.25, 0.3) is 149 Å². The largest absolute Gasteiger partial charge is 0.454 e. The average molecular weight is 1600 g/mol. The summed E-state index contributed by atoms with van der Waals surface area (Å²) in [6.45, 7) is 39.7. The van der Waals surface area contributed by atoms with E-state index in [1.165, 1.54) is 26.8 Å². The van der Waals surface area contributed by atoms with Crippen molar-refractivity contribution in [2.24, 2.45) is 0 Å². The number of para-hydroxylation sites is 7. The van der Waals surface area contributed by atoms with Crippen molar-refractivity contribution in [2.75, 3.05) is 9.80 Å². The molecule has 7 heterocycles. The predicted molar refractivity (Wildman–Crippen MR) is 521 cm³/mol. The Balaban J connectivity index is 0.886. The first-order chi connectivity index (χ1) is 64.9. The van der Waals surface area contributed by atoms with Gasteiger partial charge in [-0.25, -0.2) is 0 Å². The molecule has 0 spiro atoms. The number of hydrogen-bond donors (Lipinski definition) is 0. The molecule has 2 aliphatic rings. The summed E-state index contributed by atoms with van der Waals surface area (Å²) in [6.07, 6.45) is 0. The number of anilines is 6. The van der Waals surface area contributed by atoms with Crippen LogP contribution in [0.5, 0.6) is 0 Å². The summed E-state index contributed by atoms with van der Waals surface area (Å²) in [4.78, 5) is 4.57. The van der Waals surface area contributed by atoms with E-state index in [-0.39, 0.29) is 93.1 Å². The highest BCUT2D eigenvalue weighted by Gasteiger charge is 2.46. The van der Waals surface area contributed by atoms with E-state index in [1.807, 2.05) is 42.5 Å². The number of benzene rings is 15. The molecule has 8 heteroatoms. The smallest absolute Gasteiger partial charge is 0.252 e. The zero-order valence-corrected chi connectivity index (χ0v) is 72.1. The first-order valence-corrected chi connectivity index (χ1v) is 42.3. The quantitative estimate of drug-likeness (QED) is 0.149. The van der Waals surface area contributed by atoms with Gasteiger partial charge >= 0.3 is 0 Å². The van der Waals surface area contributed by atoms with Crippen molar-refractivity contribution in [2.45, 2.75) is 157 Å². The fourth-order valence-corrected chi connectivity index (χ4v) is 19.1. The van der Waals surface area contributed by atoms with Crippen molar-refractivity contribution in [3.8, 4) is 39.3 Å². The molecule has 7 nitrogen and oxygen atoms in total. The minimum Gasteiger partial charge on any atom is -0.454 e. The van der Waals surface area contributed by atoms with Gasteiger partial charge in [0, 0.05) is 94.1 Å². The van der Waals surface area contributed by atoms with Gasteiger partial charge in [0.25, 0.3) is 6.71 Å². The Morgan fingerprint density at radius 1 is 0.246 bits per heavy atom. The zero-order chi connectivity index (χ0) is 98.0. The molecule has 0 unspecified atom stereocenters. The third kappa shape index (κ3) is 11.6. The van der Waals surface area contributed by atoms with Gasteiger partial charge in [-0.3, -0.25) is 0 Å². The molecule has 20 aromatic rings. The fraction of sp³-hybridized carbons (Fsp3) is 0.211. The van der Waals surface area contributed by atoms with Gasteiger partial charge in [0.15, 0.2) is 16.7 Å². The Hall–Kier alpha value is -13.0. The van der Waals surface area contributed by atoms with Crippen molar-refractivity contribution in [1.29, 1.82) is 0 Å². The van der Waals surface area contributed by atoms with Crippen molar-refractivity contribution >= 4 is 167 Å². The normalized spacial score (nSPS) is 15.4. The lowest BCUT2D eigenvalue weighted by Crippen LogP contribution is -2.61. The molecule has 0 N–H and O–H groups in total. The SMILES string of the molecule is [2H]c1c([2H])c([2H])c2c(c1[2H])c1c([2H])c([2H])c([2H])c([2H])c1n2-c1ccc2c(c1)N(c1cccc3c1oc1c(-n4c5c([2H])c([2H])c([2H])c([2H])c5c5c([2H])c([2H])c([2H])c([2H])c54)cccc13)c1cc(-c3cc(C(C)(C)C)cc(C(C)(C)C)c3)cc3c1B2c1ccc(-c2cc(C(C)(C)C)cc(C(C)(C)C)c2)cc1N3c1ccc2c(c1)oc1c(-n3c4ccc(C(C)(C)C)cc4c4cc(C(C)(C)C)ccc43)cccc12. The molecule has 5 aromatic heterocycles. The molecule has 0 saturated heterocycles. The molecule has 0 atom stereocenters. The maximum Gasteiger partial charge on any atom is 0.252 e. The lowest BCUT2D eigenvalue weighted by Gasteiger charge is -2.44. The van der Waals surface area contributed by atoms with Gasteiger partial charge in [0.05, 0.1) is 72.1 Å². The Morgan fingerprint density at radius 3 is 1.11 bits per heavy atom. The van der Waals surface area contributed by atoms with Gasteiger partial charge in [-0.15, -0.1) is 0 Å². The lowest BCUT2D eigenvalue weighted by atomic mass is 9.33. The number of hydrogen-bond acceptors (Lipinski definition) is 4. The van der Waals surface area contributed by atoms with E-state index in [0.717, 1.165) is 105 Å². The highest BCUT2D eigenvalue weighted by molar-refractivity contribution is 7.00. The number of fused-ring (bicyclic) bond motifs is 19. The lowest BCUT2D eigenvalue weighted by molar-refractivity contribution is 0.568. The summed E-state index contributed by atoms with van der Waals surface area (Å²) >= 11 is 0. The third-order valence-corrected chi connectivity index (χ3v) is 25.8. The highest BCUT2D eigenvalue weighted by Crippen LogP contribution is 2.53. The summed E-state index contributed by atoms with van der Waals surface area (Å²) in [6, 6.07) is 60.6. The van der Waals surface area contributed by atoms with Crippen molar-refractivity contribution in [1.82, 2.24) is 13.7 Å². The van der Waals surface area contributed by atoms with E-state index in [2.05, 4.69) is 279 Å². The van der Waals surface area contributed by atoms with Gasteiger partial charge in [-0.2, -0.15) is 0 Å². The van der Waals surface area contributed by atoms with Crippen LogP contribution in [-0.2, 0) is 32.5 Å². The summed E-state index contributed by atoms with van der Waals surface area (Å²) in [5.74, 6) is 0. The Morgan fingerprint density at radius 2 is 0.623 bits per heavy atom. The summed E-state index contributed by atoms with van der Waals surface area (Å²) in [5, 5.41) is 4.87. The molecule has 598 valence electrons. The van der Waals surface area contributed by atoms with Gasteiger partial charge < -0.3 is 32.3 Å². The summed E-state index contributed by atoms with van der Waals surface area (Å²) in [7, 11) is 0. The zero-order valence-electron chi connectivity index (χ0n) is 88.1. The van der Waals surface area contributed by atoms with Crippen LogP contribution in [0.2, 0.25) is 0 Å². The van der Waals surface area contributed by atoms with Gasteiger partial charge in [0.2, 0.25) is 0 Å². The third-order valence-electron chi connectivity index (χ3n) is 25.8. The van der Waals surface area contributed by atoms with Crippen LogP contribution in [0.15, 0.2) is 300 Å². The molecule has 0 saturated carbocycles. The Labute approximate surface area is 737 Å². The van der Waals surface area contributed by atoms with Gasteiger partial charge in [-0.1, -0.05) is 300 Å². The van der Waals surface area contributed by atoms with E-state index in [0.29, 0.717) is 44.6 Å². The Bertz CT molecular complexity index is 8600. The van der Waals surface area contributed by atoms with E-state index >= 15 is 0 Å². The first kappa shape index (κ1) is 59.6. The molecule has 0 radical (unpaired) electrons. The number of rotatable bonds is 7. The molecular weight excluding hydrogens is 1480 g/mol. The molecule has 0 aliphatic carbocycles. The molecule has 0 bridgehead atoms. The number of furan rings is 2. The summed E-state index contributed by atoms with van der Waals surface area (Å²) in [5.41, 5.74) is 20.8. The predicted octanol–water partition coefficient (Wildman–Crippen LogP) is 30.0. The van der Waals surface area contributed by atoms with Crippen molar-refractivity contribution < 1.29 is 30.8 Å². The standard InChI is InChI=1S/C114H102BN5O2/c1-109(2,3)71-45-52-95-87(63-71)88-64-72(110(4,5)6)46-53-96(88)119(95)97-41-27-34-84-83-49-47-78(66-104(83)121-106(84)97)117-100-58-67(68-54-73(111(7,8)9)61-74(55-68)112(10,11)12)44-50-89(100)115-90-51-48-77(116-91-37-23-19-30-79(91)80-31-20-24-38-92(80)116)65-101(90)120(103-60-70(59-102(117)105(103)115)69-56-75(113(13,14)15)62-76(57-69)114(16,17)18)99-43-29-36-86-85-35-28-42-98(107(85)122-108(86)99)118-93-39-25-21-32-81(93)82-33-22-26-40-94(82)118/h19-66H,1-18H3/i19D,20D,21D,22D,23D,24D,25D,26D,30D,31D,32D,33D,37D,38D,39D,40D. The van der Waals surface area contributed by atoms with Crippen molar-refractivity contribution in [3.05, 3.63) is 324 Å². The summed E-state index contributed by atoms with van der Waals surface area (Å²) < 4.78 is 172. The average Bonchev–Trinajstić information content (AvgIpc) is 1.01. The van der Waals surface area contributed by atoms with E-state index in [9.17, 15) is 16.4 Å². The first-order valence-electron chi connectivity index (χ1n) is 50.3. The Kier molecular flexibility index (Phi) is 12.8. The van der Waals surface area contributed by atoms with E-state index in [4.69, 9.17) is 14.3 Å². The van der Waals surface area contributed by atoms with Crippen LogP contribution in [0, 0.1) is 0 Å². The highest BCUT2D eigenvalue weighted by atomic mass is 16.3. The van der Waals surface area contributed by atoms with Crippen LogP contribution in [0.4, 0.5) is 34.1 Å². The van der Waals surface area contributed by atoms with E-state index < -0.39 is 103 Å². The second kappa shape index (κ2) is 26.2. The maximum atomic E-state index is 9.95. The van der Waals surface area contributed by atoms with Crippen LogP contribution in [0.3, 0.4) is 0 Å². The van der Waals surface area contributed by atoms with Crippen molar-refractivity contribution in [3.63, 3.8) is 0 Å². The number of aromatic nitrogens is 3. The monoisotopic (exact) mass is 1600 g/mol. The van der Waals surface area contributed by atoms with E-state index in [1.54, 1.807) is 16.7 Å². The van der Waals surface area contributed by atoms with Crippen LogP contribution < -0.4 is 26.2 Å². The maximum absolute atomic E-state index is 9.95. The van der Waals surface area contributed by atoms with Crippen LogP contribution >= 0.6 is 0 Å².